The standard InChI is InChI=1S/C12H17N3O.C9H10O4/c13-12(16)15(10-4-2-1-3-5-10)11-6-8-14-9-7-11;1-9(8(12)13)4-2-3-6(5-9)7(10)11/h1-5,11,14H,6-9H2,(H2,13,16);2-4H,5H2,1H3,(H,10,11)(H,12,13). The number of nitrogens with two attached hydrogens (primary N) is 1. The molecule has 29 heavy (non-hydrogen) atoms. The van der Waals surface area contributed by atoms with Gasteiger partial charge in [-0.05, 0) is 51.4 Å². The number of aliphatic carboxylic acids is 2. The Hall–Kier alpha value is -3.13. The number of carbonyl (C=O) groups is 3. The number of urea groups is 1. The third-order valence-electron chi connectivity index (χ3n) is 5.03. The largest absolute Gasteiger partial charge is 0.481 e. The Bertz CT molecular complexity index is 800. The second-order valence-electron chi connectivity index (χ2n) is 7.28. The summed E-state index contributed by atoms with van der Waals surface area (Å²) in [4.78, 5) is 34.6. The molecule has 2 aliphatic rings. The van der Waals surface area contributed by atoms with E-state index < -0.39 is 17.4 Å². The molecule has 5 N–H and O–H groups in total. The molecule has 1 aliphatic carbocycles. The van der Waals surface area contributed by atoms with E-state index in [1.54, 1.807) is 4.90 Å². The molecule has 1 aromatic rings. The number of hydrogen-bond acceptors (Lipinski definition) is 4. The van der Waals surface area contributed by atoms with E-state index in [2.05, 4.69) is 5.32 Å². The molecule has 2 amide bonds. The van der Waals surface area contributed by atoms with Crippen molar-refractivity contribution in [3.05, 3.63) is 54.1 Å². The minimum Gasteiger partial charge on any atom is -0.481 e. The molecule has 3 rings (SSSR count). The van der Waals surface area contributed by atoms with Gasteiger partial charge < -0.3 is 21.3 Å². The lowest BCUT2D eigenvalue weighted by atomic mass is 9.80. The summed E-state index contributed by atoms with van der Waals surface area (Å²) in [5.41, 5.74) is 5.41. The van der Waals surface area contributed by atoms with Crippen molar-refractivity contribution in [2.24, 2.45) is 11.1 Å². The lowest BCUT2D eigenvalue weighted by molar-refractivity contribution is -0.145. The first kappa shape index (κ1) is 22.2. The highest BCUT2D eigenvalue weighted by atomic mass is 16.4. The number of allylic oxidation sites excluding steroid dienone is 2. The Morgan fingerprint density at radius 3 is 2.28 bits per heavy atom. The molecule has 1 aromatic carbocycles. The summed E-state index contributed by atoms with van der Waals surface area (Å²) in [5.74, 6) is -2.06. The number of carbonyl (C=O) groups excluding carboxylic acids is 1. The van der Waals surface area contributed by atoms with Gasteiger partial charge in [-0.1, -0.05) is 36.4 Å². The molecule has 1 unspecified atom stereocenters. The highest BCUT2D eigenvalue weighted by molar-refractivity contribution is 5.91. The van der Waals surface area contributed by atoms with Crippen molar-refractivity contribution in [1.29, 1.82) is 0 Å². The smallest absolute Gasteiger partial charge is 0.331 e. The Morgan fingerprint density at radius 1 is 1.14 bits per heavy atom. The predicted octanol–water partition coefficient (Wildman–Crippen LogP) is 2.37. The van der Waals surface area contributed by atoms with Crippen LogP contribution in [-0.4, -0.2) is 47.3 Å². The van der Waals surface area contributed by atoms with Gasteiger partial charge in [0.1, 0.15) is 0 Å². The first-order valence-electron chi connectivity index (χ1n) is 9.44. The zero-order valence-corrected chi connectivity index (χ0v) is 16.4. The number of para-hydroxylation sites is 1. The van der Waals surface area contributed by atoms with Gasteiger partial charge in [0.2, 0.25) is 0 Å². The molecule has 1 aliphatic heterocycles. The number of carboxylic acid groups (broad SMARTS) is 2. The molecule has 8 heteroatoms. The predicted molar refractivity (Wildman–Crippen MR) is 110 cm³/mol. The normalized spacial score (nSPS) is 21.3. The van der Waals surface area contributed by atoms with Crippen LogP contribution in [0, 0.1) is 5.41 Å². The zero-order valence-electron chi connectivity index (χ0n) is 16.4. The van der Waals surface area contributed by atoms with E-state index in [9.17, 15) is 14.4 Å². The van der Waals surface area contributed by atoms with Gasteiger partial charge >= 0.3 is 18.0 Å². The van der Waals surface area contributed by atoms with Crippen molar-refractivity contribution < 1.29 is 24.6 Å². The summed E-state index contributed by atoms with van der Waals surface area (Å²) in [6.45, 7) is 3.39. The summed E-state index contributed by atoms with van der Waals surface area (Å²) in [6.07, 6.45) is 6.35. The molecular weight excluding hydrogens is 374 g/mol. The number of nitrogens with zero attached hydrogens (tertiary/aromatic N) is 1. The fraction of sp³-hybridized carbons (Fsp3) is 0.381. The molecule has 1 saturated heterocycles. The van der Waals surface area contributed by atoms with Crippen LogP contribution in [0.3, 0.4) is 0 Å². The number of primary amides is 1. The number of amides is 2. The third kappa shape index (κ3) is 5.92. The van der Waals surface area contributed by atoms with Crippen LogP contribution in [0.5, 0.6) is 0 Å². The molecule has 1 atom stereocenters. The van der Waals surface area contributed by atoms with Crippen molar-refractivity contribution >= 4 is 23.7 Å². The summed E-state index contributed by atoms with van der Waals surface area (Å²) < 4.78 is 0. The molecule has 156 valence electrons. The SMILES string of the molecule is CC1(C(=O)O)C=CC=C(C(=O)O)C1.NC(=O)N(c1ccccc1)C1CCNCC1. The second-order valence-corrected chi connectivity index (χ2v) is 7.28. The second kappa shape index (κ2) is 9.88. The first-order chi connectivity index (χ1) is 13.7. The number of carboxylic acids is 2. The van der Waals surface area contributed by atoms with Crippen LogP contribution in [0.25, 0.3) is 0 Å². The number of nitrogens with one attached hydrogen (secondary N) is 1. The minimum atomic E-state index is -1.08. The number of hydrogen-bond donors (Lipinski definition) is 4. The molecule has 8 nitrogen and oxygen atoms in total. The van der Waals surface area contributed by atoms with Crippen LogP contribution in [0.1, 0.15) is 26.2 Å². The monoisotopic (exact) mass is 401 g/mol. The highest BCUT2D eigenvalue weighted by Crippen LogP contribution is 2.31. The van der Waals surface area contributed by atoms with E-state index in [4.69, 9.17) is 15.9 Å². The number of piperidine rings is 1. The van der Waals surface area contributed by atoms with Crippen molar-refractivity contribution in [1.82, 2.24) is 5.32 Å². The van der Waals surface area contributed by atoms with Gasteiger partial charge in [-0.15, -0.1) is 0 Å². The first-order valence-corrected chi connectivity index (χ1v) is 9.44. The van der Waals surface area contributed by atoms with Gasteiger partial charge in [-0.3, -0.25) is 9.69 Å². The van der Waals surface area contributed by atoms with Gasteiger partial charge in [-0.25, -0.2) is 9.59 Å². The Labute approximate surface area is 169 Å². The summed E-state index contributed by atoms with van der Waals surface area (Å²) in [5, 5.41) is 20.8. The van der Waals surface area contributed by atoms with E-state index in [0.29, 0.717) is 0 Å². The van der Waals surface area contributed by atoms with Gasteiger partial charge in [0.05, 0.1) is 5.41 Å². The third-order valence-corrected chi connectivity index (χ3v) is 5.03. The Morgan fingerprint density at radius 2 is 1.76 bits per heavy atom. The van der Waals surface area contributed by atoms with Crippen LogP contribution in [0.2, 0.25) is 0 Å². The van der Waals surface area contributed by atoms with Crippen LogP contribution < -0.4 is 16.0 Å². The topological polar surface area (TPSA) is 133 Å². The number of anilines is 1. The van der Waals surface area contributed by atoms with Crippen LogP contribution >= 0.6 is 0 Å². The van der Waals surface area contributed by atoms with Gasteiger partial charge in [0.25, 0.3) is 0 Å². The van der Waals surface area contributed by atoms with E-state index in [1.165, 1.54) is 25.2 Å². The summed E-state index contributed by atoms with van der Waals surface area (Å²) >= 11 is 0. The van der Waals surface area contributed by atoms with Crippen molar-refractivity contribution in [2.45, 2.75) is 32.2 Å². The van der Waals surface area contributed by atoms with Gasteiger partial charge in [-0.2, -0.15) is 0 Å². The number of benzene rings is 1. The highest BCUT2D eigenvalue weighted by Gasteiger charge is 2.34. The van der Waals surface area contributed by atoms with Gasteiger partial charge in [0.15, 0.2) is 0 Å². The average Bonchev–Trinajstić information content (AvgIpc) is 2.70. The summed E-state index contributed by atoms with van der Waals surface area (Å²) in [7, 11) is 0. The Balaban J connectivity index is 0.000000212. The number of rotatable bonds is 4. The zero-order chi connectivity index (χ0) is 21.4. The fourth-order valence-electron chi connectivity index (χ4n) is 3.36. The van der Waals surface area contributed by atoms with Crippen LogP contribution in [0.15, 0.2) is 54.1 Å². The molecule has 0 spiro atoms. The molecular formula is C21H27N3O5. The van der Waals surface area contributed by atoms with E-state index in [0.717, 1.165) is 31.6 Å². The maximum absolute atomic E-state index is 11.5. The van der Waals surface area contributed by atoms with Crippen LogP contribution in [0.4, 0.5) is 10.5 Å². The lowest BCUT2D eigenvalue weighted by Gasteiger charge is -2.33. The molecule has 0 radical (unpaired) electrons. The quantitative estimate of drug-likeness (QED) is 0.612. The lowest BCUT2D eigenvalue weighted by Crippen LogP contribution is -2.48. The molecule has 0 saturated carbocycles. The van der Waals surface area contributed by atoms with E-state index >= 15 is 0 Å². The van der Waals surface area contributed by atoms with Crippen molar-refractivity contribution in [3.63, 3.8) is 0 Å². The Kier molecular flexibility index (Phi) is 7.55. The fourth-order valence-corrected chi connectivity index (χ4v) is 3.36. The molecule has 1 heterocycles. The summed E-state index contributed by atoms with van der Waals surface area (Å²) in [6, 6.07) is 9.49. The van der Waals surface area contributed by atoms with E-state index in [-0.39, 0.29) is 24.1 Å². The van der Waals surface area contributed by atoms with Gasteiger partial charge in [0, 0.05) is 17.3 Å². The van der Waals surface area contributed by atoms with Crippen LogP contribution in [-0.2, 0) is 9.59 Å². The molecule has 0 bridgehead atoms. The molecule has 1 fully saturated rings. The average molecular weight is 401 g/mol. The maximum atomic E-state index is 11.5. The maximum Gasteiger partial charge on any atom is 0.331 e. The van der Waals surface area contributed by atoms with E-state index in [1.807, 2.05) is 30.3 Å². The van der Waals surface area contributed by atoms with Crippen molar-refractivity contribution in [3.8, 4) is 0 Å². The molecule has 0 aromatic heterocycles. The minimum absolute atomic E-state index is 0.0359. The van der Waals surface area contributed by atoms with Crippen molar-refractivity contribution in [2.75, 3.05) is 18.0 Å².